The summed E-state index contributed by atoms with van der Waals surface area (Å²) >= 11 is 6.44. The Morgan fingerprint density at radius 3 is 2.57 bits per heavy atom. The van der Waals surface area contributed by atoms with Crippen molar-refractivity contribution in [3.63, 3.8) is 0 Å². The van der Waals surface area contributed by atoms with E-state index in [1.807, 2.05) is 0 Å². The van der Waals surface area contributed by atoms with E-state index >= 15 is 0 Å². The largest absolute Gasteiger partial charge is 0.327 e. The van der Waals surface area contributed by atoms with Crippen LogP contribution in [-0.2, 0) is 19.9 Å². The molecule has 2 saturated carbocycles. The normalized spacial score (nSPS) is 29.2. The van der Waals surface area contributed by atoms with E-state index in [1.54, 1.807) is 38.2 Å². The van der Waals surface area contributed by atoms with E-state index in [9.17, 15) is 19.2 Å². The van der Waals surface area contributed by atoms with Crippen molar-refractivity contribution in [2.45, 2.75) is 56.5 Å². The van der Waals surface area contributed by atoms with Gasteiger partial charge in [0.05, 0.1) is 0 Å². The number of urea groups is 1. The van der Waals surface area contributed by atoms with Gasteiger partial charge in [-0.05, 0) is 51.0 Å². The summed E-state index contributed by atoms with van der Waals surface area (Å²) in [6.07, 6.45) is 4.11. The number of halogens is 1. The lowest BCUT2D eigenvalue weighted by molar-refractivity contribution is -0.149. The van der Waals surface area contributed by atoms with Crippen LogP contribution in [0.5, 0.6) is 0 Å². The zero-order valence-electron chi connectivity index (χ0n) is 17.2. The van der Waals surface area contributed by atoms with E-state index in [0.29, 0.717) is 23.4 Å². The average molecular weight is 432 g/mol. The minimum atomic E-state index is -1.19. The standard InChI is InChI=1S/C22H26ClN3O4/c1-21(14-10-11-14)19(29)26(20(30)24-21)13-18(28)25(2)22(12-6-5-9-17(22)27)15-7-3-4-8-16(15)23/h3-4,7-8,14H,5-6,9-13H2,1-2H3,(H,24,30). The molecule has 160 valence electrons. The molecule has 2 atom stereocenters. The Labute approximate surface area is 180 Å². The highest BCUT2D eigenvalue weighted by Crippen LogP contribution is 2.44. The molecule has 1 aromatic rings. The summed E-state index contributed by atoms with van der Waals surface area (Å²) in [6, 6.07) is 6.49. The molecule has 30 heavy (non-hydrogen) atoms. The first-order valence-electron chi connectivity index (χ1n) is 10.4. The molecule has 2 unspecified atom stereocenters. The topological polar surface area (TPSA) is 86.8 Å². The van der Waals surface area contributed by atoms with Gasteiger partial charge in [-0.15, -0.1) is 0 Å². The van der Waals surface area contributed by atoms with E-state index < -0.39 is 29.6 Å². The van der Waals surface area contributed by atoms with Crippen molar-refractivity contribution in [3.8, 4) is 0 Å². The van der Waals surface area contributed by atoms with Gasteiger partial charge in [-0.1, -0.05) is 29.8 Å². The SMILES string of the molecule is CN(C(=O)CN1C(=O)NC(C)(C2CC2)C1=O)C1(c2ccccc2Cl)CCCCC1=O. The van der Waals surface area contributed by atoms with E-state index in [-0.39, 0.29) is 17.6 Å². The Morgan fingerprint density at radius 2 is 1.93 bits per heavy atom. The Hall–Kier alpha value is -2.41. The number of nitrogens with one attached hydrogen (secondary N) is 1. The Balaban J connectivity index is 1.62. The molecular formula is C22H26ClN3O4. The van der Waals surface area contributed by atoms with Gasteiger partial charge in [-0.2, -0.15) is 0 Å². The number of benzene rings is 1. The molecule has 4 rings (SSSR count). The lowest BCUT2D eigenvalue weighted by Crippen LogP contribution is -2.56. The van der Waals surface area contributed by atoms with Crippen LogP contribution in [0.4, 0.5) is 4.79 Å². The van der Waals surface area contributed by atoms with Gasteiger partial charge in [0.15, 0.2) is 5.78 Å². The van der Waals surface area contributed by atoms with Gasteiger partial charge >= 0.3 is 6.03 Å². The first-order valence-corrected chi connectivity index (χ1v) is 10.8. The van der Waals surface area contributed by atoms with Crippen molar-refractivity contribution < 1.29 is 19.2 Å². The number of ketones is 1. The summed E-state index contributed by atoms with van der Waals surface area (Å²) in [5.74, 6) is -0.800. The van der Waals surface area contributed by atoms with E-state index in [0.717, 1.165) is 30.6 Å². The van der Waals surface area contributed by atoms with Gasteiger partial charge in [-0.3, -0.25) is 19.3 Å². The molecule has 1 N–H and O–H groups in total. The second-order valence-electron chi connectivity index (χ2n) is 8.72. The Bertz CT molecular complexity index is 931. The molecule has 0 spiro atoms. The van der Waals surface area contributed by atoms with E-state index in [2.05, 4.69) is 5.32 Å². The molecule has 7 nitrogen and oxygen atoms in total. The molecule has 0 bridgehead atoms. The lowest BCUT2D eigenvalue weighted by atomic mass is 9.74. The number of hydrogen-bond acceptors (Lipinski definition) is 4. The molecule has 3 fully saturated rings. The van der Waals surface area contributed by atoms with Crippen molar-refractivity contribution >= 4 is 35.2 Å². The summed E-state index contributed by atoms with van der Waals surface area (Å²) in [4.78, 5) is 54.2. The van der Waals surface area contributed by atoms with Gasteiger partial charge in [-0.25, -0.2) is 4.79 Å². The summed E-state index contributed by atoms with van der Waals surface area (Å²) in [6.45, 7) is 1.32. The number of rotatable bonds is 5. The van der Waals surface area contributed by atoms with Crippen LogP contribution >= 0.6 is 11.6 Å². The molecule has 1 saturated heterocycles. The highest BCUT2D eigenvalue weighted by molar-refractivity contribution is 6.31. The third kappa shape index (κ3) is 3.11. The van der Waals surface area contributed by atoms with Crippen LogP contribution in [0, 0.1) is 5.92 Å². The highest BCUT2D eigenvalue weighted by Gasteiger charge is 2.57. The maximum absolute atomic E-state index is 13.3. The monoisotopic (exact) mass is 431 g/mol. The Morgan fingerprint density at radius 1 is 1.23 bits per heavy atom. The van der Waals surface area contributed by atoms with Crippen LogP contribution in [0.25, 0.3) is 0 Å². The van der Waals surface area contributed by atoms with Crippen LogP contribution in [0.1, 0.15) is 51.0 Å². The van der Waals surface area contributed by atoms with E-state index in [1.165, 1.54) is 4.90 Å². The van der Waals surface area contributed by atoms with E-state index in [4.69, 9.17) is 11.6 Å². The van der Waals surface area contributed by atoms with Crippen molar-refractivity contribution in [2.75, 3.05) is 13.6 Å². The predicted octanol–water partition coefficient (Wildman–Crippen LogP) is 2.86. The molecule has 0 radical (unpaired) electrons. The maximum atomic E-state index is 13.3. The van der Waals surface area contributed by atoms with Crippen LogP contribution in [0.2, 0.25) is 5.02 Å². The fraction of sp³-hybridized carbons (Fsp3) is 0.545. The fourth-order valence-corrected chi connectivity index (χ4v) is 5.17. The first-order chi connectivity index (χ1) is 14.2. The van der Waals surface area contributed by atoms with Gasteiger partial charge < -0.3 is 10.2 Å². The molecule has 1 heterocycles. The number of imide groups is 1. The molecule has 1 aromatic carbocycles. The summed E-state index contributed by atoms with van der Waals surface area (Å²) in [7, 11) is 1.56. The molecule has 3 aliphatic rings. The number of carbonyl (C=O) groups excluding carboxylic acids is 4. The van der Waals surface area contributed by atoms with Crippen LogP contribution in [0.3, 0.4) is 0 Å². The zero-order valence-corrected chi connectivity index (χ0v) is 18.0. The summed E-state index contributed by atoms with van der Waals surface area (Å²) < 4.78 is 0. The molecule has 8 heteroatoms. The lowest BCUT2D eigenvalue weighted by Gasteiger charge is -2.44. The third-order valence-corrected chi connectivity index (χ3v) is 7.24. The van der Waals surface area contributed by atoms with Crippen LogP contribution < -0.4 is 5.32 Å². The summed E-state index contributed by atoms with van der Waals surface area (Å²) in [5.41, 5.74) is -1.55. The quantitative estimate of drug-likeness (QED) is 0.726. The highest BCUT2D eigenvalue weighted by atomic mass is 35.5. The van der Waals surface area contributed by atoms with Gasteiger partial charge in [0.25, 0.3) is 5.91 Å². The number of likely N-dealkylation sites (N-methyl/N-ethyl adjacent to an activating group) is 1. The second-order valence-corrected chi connectivity index (χ2v) is 9.13. The number of Topliss-reactive ketones (excluding diaryl/α,β-unsaturated/α-hetero) is 1. The summed E-state index contributed by atoms with van der Waals surface area (Å²) in [5, 5.41) is 3.17. The van der Waals surface area contributed by atoms with Gasteiger partial charge in [0.2, 0.25) is 5.91 Å². The molecule has 0 aromatic heterocycles. The van der Waals surface area contributed by atoms with Gasteiger partial charge in [0.1, 0.15) is 17.6 Å². The Kier molecular flexibility index (Phi) is 5.12. The van der Waals surface area contributed by atoms with Gasteiger partial charge in [0, 0.05) is 24.1 Å². The van der Waals surface area contributed by atoms with Crippen molar-refractivity contribution in [1.82, 2.24) is 15.1 Å². The molecule has 2 aliphatic carbocycles. The first kappa shape index (κ1) is 20.8. The number of amides is 4. The van der Waals surface area contributed by atoms with Crippen LogP contribution in [-0.4, -0.2) is 52.6 Å². The average Bonchev–Trinajstić information content (AvgIpc) is 3.54. The number of nitrogens with zero attached hydrogens (tertiary/aromatic N) is 2. The molecule has 1 aliphatic heterocycles. The second kappa shape index (κ2) is 7.38. The van der Waals surface area contributed by atoms with Crippen molar-refractivity contribution in [1.29, 1.82) is 0 Å². The third-order valence-electron chi connectivity index (χ3n) is 6.91. The minimum Gasteiger partial charge on any atom is -0.327 e. The smallest absolute Gasteiger partial charge is 0.325 e. The predicted molar refractivity (Wildman–Crippen MR) is 111 cm³/mol. The molecule has 4 amide bonds. The van der Waals surface area contributed by atoms with Crippen molar-refractivity contribution in [2.24, 2.45) is 5.92 Å². The maximum Gasteiger partial charge on any atom is 0.325 e. The van der Waals surface area contributed by atoms with Crippen molar-refractivity contribution in [3.05, 3.63) is 34.9 Å². The minimum absolute atomic E-state index is 0.0716. The zero-order chi connectivity index (χ0) is 21.7. The number of hydrogen-bond donors (Lipinski definition) is 1. The fourth-order valence-electron chi connectivity index (χ4n) is 4.88. The van der Waals surface area contributed by atoms with Crippen LogP contribution in [0.15, 0.2) is 24.3 Å². The number of carbonyl (C=O) groups is 4. The molecular weight excluding hydrogens is 406 g/mol.